The number of carboxylic acid groups (broad SMARTS) is 1. The maximum Gasteiger partial charge on any atom is 0.407 e. The highest BCUT2D eigenvalue weighted by molar-refractivity contribution is 5.81. The number of halogens is 1. The smallest absolute Gasteiger partial charge is 0.407 e. The van der Waals surface area contributed by atoms with E-state index in [0.717, 1.165) is 4.90 Å². The van der Waals surface area contributed by atoms with Crippen molar-refractivity contribution in [2.24, 2.45) is 0 Å². The van der Waals surface area contributed by atoms with Crippen molar-refractivity contribution in [2.45, 2.75) is 32.9 Å². The topological polar surface area (TPSA) is 151 Å². The number of ether oxygens (including phenoxy) is 1. The Morgan fingerprint density at radius 3 is 2.52 bits per heavy atom. The molecular formula is C15H21FN4O7. The predicted octanol–water partition coefficient (Wildman–Crippen LogP) is -0.886. The Bertz CT molecular complexity index is 825. The fourth-order valence-corrected chi connectivity index (χ4v) is 1.91. The Labute approximate surface area is 152 Å². The van der Waals surface area contributed by atoms with Crippen LogP contribution in [0.15, 0.2) is 15.8 Å². The molecule has 12 heteroatoms. The number of carbonyl (C=O) groups excluding carboxylic acids is 2. The maximum atomic E-state index is 13.3. The third kappa shape index (κ3) is 7.71. The lowest BCUT2D eigenvalue weighted by Gasteiger charge is -2.23. The average Bonchev–Trinajstić information content (AvgIpc) is 2.49. The van der Waals surface area contributed by atoms with E-state index in [1.54, 1.807) is 25.8 Å². The van der Waals surface area contributed by atoms with E-state index in [9.17, 15) is 28.4 Å². The lowest BCUT2D eigenvalue weighted by Crippen LogP contribution is -2.45. The zero-order valence-electron chi connectivity index (χ0n) is 15.1. The van der Waals surface area contributed by atoms with Gasteiger partial charge >= 0.3 is 17.8 Å². The second-order valence-electron chi connectivity index (χ2n) is 6.50. The van der Waals surface area contributed by atoms with E-state index >= 15 is 0 Å². The minimum absolute atomic E-state index is 0.108. The van der Waals surface area contributed by atoms with Gasteiger partial charge in [-0.05, 0) is 20.8 Å². The summed E-state index contributed by atoms with van der Waals surface area (Å²) in [5, 5.41) is 11.3. The van der Waals surface area contributed by atoms with Crippen LogP contribution in [0.2, 0.25) is 0 Å². The number of nitrogens with zero attached hydrogens (tertiary/aromatic N) is 2. The van der Waals surface area contributed by atoms with Crippen molar-refractivity contribution >= 4 is 18.0 Å². The molecule has 0 fully saturated rings. The van der Waals surface area contributed by atoms with E-state index in [4.69, 9.17) is 9.84 Å². The average molecular weight is 388 g/mol. The van der Waals surface area contributed by atoms with Gasteiger partial charge in [0.05, 0.1) is 6.20 Å². The van der Waals surface area contributed by atoms with Gasteiger partial charge in [0, 0.05) is 13.1 Å². The summed E-state index contributed by atoms with van der Waals surface area (Å²) >= 11 is 0. The predicted molar refractivity (Wildman–Crippen MR) is 89.7 cm³/mol. The molecule has 0 aliphatic carbocycles. The first kappa shape index (κ1) is 21.9. The molecule has 0 unspecified atom stereocenters. The molecule has 0 radical (unpaired) electrons. The number of hydrogen-bond acceptors (Lipinski definition) is 6. The summed E-state index contributed by atoms with van der Waals surface area (Å²) in [6.45, 7) is 3.30. The molecule has 1 rings (SSSR count). The number of aliphatic carboxylic acids is 1. The third-order valence-electron chi connectivity index (χ3n) is 3.00. The van der Waals surface area contributed by atoms with Crippen LogP contribution in [-0.4, -0.2) is 62.8 Å². The van der Waals surface area contributed by atoms with Crippen LogP contribution in [0.4, 0.5) is 9.18 Å². The van der Waals surface area contributed by atoms with Gasteiger partial charge in [-0.3, -0.25) is 23.9 Å². The molecule has 0 atom stereocenters. The highest BCUT2D eigenvalue weighted by atomic mass is 19.1. The van der Waals surface area contributed by atoms with Gasteiger partial charge < -0.3 is 20.1 Å². The third-order valence-corrected chi connectivity index (χ3v) is 3.00. The quantitative estimate of drug-likeness (QED) is 0.548. The summed E-state index contributed by atoms with van der Waals surface area (Å²) in [5.74, 6) is -3.41. The molecule has 1 aromatic rings. The number of aromatic nitrogens is 2. The van der Waals surface area contributed by atoms with Crippen LogP contribution >= 0.6 is 0 Å². The lowest BCUT2D eigenvalue weighted by atomic mass is 10.2. The standard InChI is InChI=1S/C15H21FN4O7/c1-15(2,3)27-14(26)17-4-5-19(8-11(22)23)10(21)7-20-6-9(16)12(24)18-13(20)25/h6H,4-5,7-8H2,1-3H3,(H,17,26)(H,22,23)(H,18,24,25). The Balaban J connectivity index is 2.76. The second-order valence-corrected chi connectivity index (χ2v) is 6.50. The Hall–Kier alpha value is -3.18. The summed E-state index contributed by atoms with van der Waals surface area (Å²) < 4.78 is 18.9. The summed E-state index contributed by atoms with van der Waals surface area (Å²) in [6.07, 6.45) is -0.194. The van der Waals surface area contributed by atoms with E-state index in [1.807, 2.05) is 0 Å². The van der Waals surface area contributed by atoms with Crippen molar-refractivity contribution in [3.05, 3.63) is 32.9 Å². The molecule has 0 saturated carbocycles. The first-order chi connectivity index (χ1) is 12.4. The van der Waals surface area contributed by atoms with Gasteiger partial charge in [-0.1, -0.05) is 0 Å². The molecule has 0 saturated heterocycles. The molecule has 0 aromatic carbocycles. The van der Waals surface area contributed by atoms with Crippen molar-refractivity contribution in [3.63, 3.8) is 0 Å². The maximum absolute atomic E-state index is 13.3. The van der Waals surface area contributed by atoms with Gasteiger partial charge in [0.1, 0.15) is 18.7 Å². The minimum atomic E-state index is -1.32. The minimum Gasteiger partial charge on any atom is -0.480 e. The molecule has 0 aliphatic rings. The number of rotatable bonds is 7. The molecule has 11 nitrogen and oxygen atoms in total. The van der Waals surface area contributed by atoms with E-state index in [-0.39, 0.29) is 13.1 Å². The van der Waals surface area contributed by atoms with Crippen molar-refractivity contribution in [1.82, 2.24) is 19.8 Å². The zero-order chi connectivity index (χ0) is 20.8. The molecule has 0 spiro atoms. The summed E-state index contributed by atoms with van der Waals surface area (Å²) in [6, 6.07) is 0. The highest BCUT2D eigenvalue weighted by Crippen LogP contribution is 2.06. The number of carbonyl (C=O) groups is 3. The van der Waals surface area contributed by atoms with Crippen LogP contribution in [0.1, 0.15) is 20.8 Å². The van der Waals surface area contributed by atoms with Crippen molar-refractivity contribution in [2.75, 3.05) is 19.6 Å². The SMILES string of the molecule is CC(C)(C)OC(=O)NCCN(CC(=O)O)C(=O)Cn1cc(F)c(=O)[nH]c1=O. The molecule has 1 aromatic heterocycles. The molecule has 1 heterocycles. The lowest BCUT2D eigenvalue weighted by molar-refractivity contribution is -0.144. The first-order valence-corrected chi connectivity index (χ1v) is 7.84. The van der Waals surface area contributed by atoms with E-state index in [1.165, 1.54) is 0 Å². The molecule has 2 amide bonds. The first-order valence-electron chi connectivity index (χ1n) is 7.84. The van der Waals surface area contributed by atoms with Gasteiger partial charge in [0.2, 0.25) is 11.7 Å². The van der Waals surface area contributed by atoms with Crippen LogP contribution in [0.3, 0.4) is 0 Å². The van der Waals surface area contributed by atoms with Gasteiger partial charge in [-0.25, -0.2) is 9.59 Å². The number of hydrogen-bond donors (Lipinski definition) is 3. The number of H-pyrrole nitrogens is 1. The Morgan fingerprint density at radius 1 is 1.33 bits per heavy atom. The number of alkyl carbamates (subject to hydrolysis) is 1. The van der Waals surface area contributed by atoms with Crippen LogP contribution in [-0.2, 0) is 20.9 Å². The monoisotopic (exact) mass is 388 g/mol. The van der Waals surface area contributed by atoms with Crippen LogP contribution in [0, 0.1) is 5.82 Å². The van der Waals surface area contributed by atoms with E-state index in [0.29, 0.717) is 10.8 Å². The van der Waals surface area contributed by atoms with Crippen LogP contribution in [0.25, 0.3) is 0 Å². The number of carboxylic acids is 1. The normalized spacial score (nSPS) is 11.0. The fourth-order valence-electron chi connectivity index (χ4n) is 1.91. The summed E-state index contributed by atoms with van der Waals surface area (Å²) in [5.41, 5.74) is -2.97. The Kier molecular flexibility index (Phi) is 7.26. The zero-order valence-corrected chi connectivity index (χ0v) is 15.1. The van der Waals surface area contributed by atoms with E-state index in [2.05, 4.69) is 5.32 Å². The second kappa shape index (κ2) is 8.96. The largest absolute Gasteiger partial charge is 0.480 e. The number of nitrogens with one attached hydrogen (secondary N) is 2. The molecule has 27 heavy (non-hydrogen) atoms. The molecule has 3 N–H and O–H groups in total. The van der Waals surface area contributed by atoms with Crippen molar-refractivity contribution in [1.29, 1.82) is 0 Å². The number of aromatic amines is 1. The van der Waals surface area contributed by atoms with Gasteiger partial charge in [-0.2, -0.15) is 4.39 Å². The van der Waals surface area contributed by atoms with Gasteiger partial charge in [0.25, 0.3) is 5.56 Å². The summed E-state index contributed by atoms with van der Waals surface area (Å²) in [7, 11) is 0. The molecule has 150 valence electrons. The summed E-state index contributed by atoms with van der Waals surface area (Å²) in [4.78, 5) is 59.9. The van der Waals surface area contributed by atoms with Crippen LogP contribution in [0.5, 0.6) is 0 Å². The van der Waals surface area contributed by atoms with Crippen molar-refractivity contribution in [3.8, 4) is 0 Å². The fraction of sp³-hybridized carbons (Fsp3) is 0.533. The van der Waals surface area contributed by atoms with Crippen molar-refractivity contribution < 1.29 is 28.6 Å². The molecule has 0 bridgehead atoms. The van der Waals surface area contributed by atoms with Gasteiger partial charge in [0.15, 0.2) is 0 Å². The number of amides is 2. The molecule has 0 aliphatic heterocycles. The highest BCUT2D eigenvalue weighted by Gasteiger charge is 2.20. The molecular weight excluding hydrogens is 367 g/mol. The van der Waals surface area contributed by atoms with Gasteiger partial charge in [-0.15, -0.1) is 0 Å². The van der Waals surface area contributed by atoms with E-state index < -0.39 is 53.7 Å². The Morgan fingerprint density at radius 2 is 1.96 bits per heavy atom. The van der Waals surface area contributed by atoms with Crippen LogP contribution < -0.4 is 16.6 Å².